The first-order valence-corrected chi connectivity index (χ1v) is 9.94. The third-order valence-electron chi connectivity index (χ3n) is 5.63. The topological polar surface area (TPSA) is 66.6 Å². The zero-order valence-corrected chi connectivity index (χ0v) is 16.4. The number of likely N-dealkylation sites (tertiary alicyclic amines) is 1. The molecule has 1 atom stereocenters. The molecule has 2 heterocycles. The number of nitrogens with zero attached hydrogens (tertiary/aromatic N) is 2. The summed E-state index contributed by atoms with van der Waals surface area (Å²) in [5, 5.41) is 14.1. The molecule has 2 aromatic rings. The van der Waals surface area contributed by atoms with E-state index in [0.717, 1.165) is 37.8 Å². The van der Waals surface area contributed by atoms with Gasteiger partial charge in [0.2, 0.25) is 5.76 Å². The molecule has 1 aliphatic rings. The zero-order valence-electron chi connectivity index (χ0n) is 16.4. The van der Waals surface area contributed by atoms with Crippen molar-refractivity contribution in [3.05, 3.63) is 53.4 Å². The minimum Gasteiger partial charge on any atom is -0.396 e. The van der Waals surface area contributed by atoms with Gasteiger partial charge >= 0.3 is 0 Å². The summed E-state index contributed by atoms with van der Waals surface area (Å²) in [6, 6.07) is 12.2. The Hall–Kier alpha value is -2.14. The first-order chi connectivity index (χ1) is 13.0. The maximum Gasteiger partial charge on any atom is 0.292 e. The van der Waals surface area contributed by atoms with Crippen LogP contribution in [-0.4, -0.2) is 40.8 Å². The summed E-state index contributed by atoms with van der Waals surface area (Å²) >= 11 is 0. The summed E-state index contributed by atoms with van der Waals surface area (Å²) in [5.74, 6) is 0.415. The minimum absolute atomic E-state index is 0.110. The summed E-state index contributed by atoms with van der Waals surface area (Å²) < 4.78 is 5.28. The van der Waals surface area contributed by atoms with E-state index in [1.807, 2.05) is 24.8 Å². The van der Waals surface area contributed by atoms with Crippen molar-refractivity contribution in [2.24, 2.45) is 5.41 Å². The van der Waals surface area contributed by atoms with E-state index in [2.05, 4.69) is 29.4 Å². The van der Waals surface area contributed by atoms with E-state index in [1.54, 1.807) is 6.07 Å². The Morgan fingerprint density at radius 3 is 2.78 bits per heavy atom. The third kappa shape index (κ3) is 4.78. The molecule has 0 radical (unpaired) electrons. The lowest BCUT2D eigenvalue weighted by Crippen LogP contribution is -2.47. The Morgan fingerprint density at radius 1 is 1.33 bits per heavy atom. The van der Waals surface area contributed by atoms with Gasteiger partial charge in [0.15, 0.2) is 0 Å². The number of piperidine rings is 1. The first kappa shape index (κ1) is 19.6. The SMILES string of the molecule is CC(C)c1cc(C(=O)N2CCC[C@](CO)(CCCc3ccccc3)C2)on1. The molecular weight excluding hydrogens is 340 g/mol. The van der Waals surface area contributed by atoms with Gasteiger partial charge in [0.05, 0.1) is 12.3 Å². The molecule has 1 fully saturated rings. The van der Waals surface area contributed by atoms with Gasteiger partial charge in [-0.1, -0.05) is 49.3 Å². The van der Waals surface area contributed by atoms with Crippen LogP contribution in [0.1, 0.15) is 67.3 Å². The summed E-state index contributed by atoms with van der Waals surface area (Å²) in [4.78, 5) is 14.7. The average Bonchev–Trinajstić information content (AvgIpc) is 3.19. The number of hydrogen-bond donors (Lipinski definition) is 1. The molecule has 1 amide bonds. The van der Waals surface area contributed by atoms with Crippen molar-refractivity contribution in [2.45, 2.75) is 51.9 Å². The van der Waals surface area contributed by atoms with Crippen LogP contribution in [-0.2, 0) is 6.42 Å². The molecule has 27 heavy (non-hydrogen) atoms. The second kappa shape index (κ2) is 8.70. The lowest BCUT2D eigenvalue weighted by atomic mass is 9.76. The monoisotopic (exact) mass is 370 g/mol. The molecule has 5 nitrogen and oxygen atoms in total. The standard InChI is InChI=1S/C22H30N2O3/c1-17(2)19-14-20(27-23-19)21(26)24-13-7-12-22(15-24,16-25)11-6-10-18-8-4-3-5-9-18/h3-5,8-9,14,17,25H,6-7,10-13,15-16H2,1-2H3/t22-/m1/s1. The van der Waals surface area contributed by atoms with Crippen LogP contribution < -0.4 is 0 Å². The molecule has 5 heteroatoms. The van der Waals surface area contributed by atoms with Crippen molar-refractivity contribution in [3.63, 3.8) is 0 Å². The molecule has 0 unspecified atom stereocenters. The highest BCUT2D eigenvalue weighted by molar-refractivity contribution is 5.91. The minimum atomic E-state index is -0.219. The van der Waals surface area contributed by atoms with Gasteiger partial charge in [0.1, 0.15) is 0 Å². The lowest BCUT2D eigenvalue weighted by Gasteiger charge is -2.41. The maximum atomic E-state index is 12.8. The highest BCUT2D eigenvalue weighted by Crippen LogP contribution is 2.35. The predicted octanol–water partition coefficient (Wildman–Crippen LogP) is 4.04. The van der Waals surface area contributed by atoms with Crippen LogP contribution in [0, 0.1) is 5.41 Å². The number of aromatic nitrogens is 1. The fourth-order valence-electron chi connectivity index (χ4n) is 3.92. The number of aryl methyl sites for hydroxylation is 1. The largest absolute Gasteiger partial charge is 0.396 e. The van der Waals surface area contributed by atoms with E-state index < -0.39 is 0 Å². The molecular formula is C22H30N2O3. The van der Waals surface area contributed by atoms with Gasteiger partial charge in [-0.15, -0.1) is 0 Å². The van der Waals surface area contributed by atoms with E-state index in [-0.39, 0.29) is 23.8 Å². The van der Waals surface area contributed by atoms with Gasteiger partial charge in [-0.05, 0) is 43.6 Å². The van der Waals surface area contributed by atoms with Crippen molar-refractivity contribution in [1.29, 1.82) is 0 Å². The number of aliphatic hydroxyl groups is 1. The first-order valence-electron chi connectivity index (χ1n) is 9.94. The number of carbonyl (C=O) groups is 1. The smallest absolute Gasteiger partial charge is 0.292 e. The summed E-state index contributed by atoms with van der Waals surface area (Å²) in [6.07, 6.45) is 4.77. The predicted molar refractivity (Wildman–Crippen MR) is 105 cm³/mol. The molecule has 0 spiro atoms. The van der Waals surface area contributed by atoms with Gasteiger partial charge in [0.25, 0.3) is 5.91 Å². The molecule has 1 aromatic carbocycles. The van der Waals surface area contributed by atoms with Crippen LogP contribution in [0.5, 0.6) is 0 Å². The molecule has 1 aromatic heterocycles. The van der Waals surface area contributed by atoms with E-state index in [0.29, 0.717) is 18.8 Å². The Morgan fingerprint density at radius 2 is 2.11 bits per heavy atom. The molecule has 0 bridgehead atoms. The van der Waals surface area contributed by atoms with E-state index in [4.69, 9.17) is 4.52 Å². The zero-order chi connectivity index (χ0) is 19.3. The summed E-state index contributed by atoms with van der Waals surface area (Å²) in [6.45, 7) is 5.44. The highest BCUT2D eigenvalue weighted by Gasteiger charge is 2.37. The van der Waals surface area contributed by atoms with Crippen LogP contribution in [0.25, 0.3) is 0 Å². The number of benzene rings is 1. The van der Waals surface area contributed by atoms with Crippen molar-refractivity contribution in [3.8, 4) is 0 Å². The van der Waals surface area contributed by atoms with E-state index in [1.165, 1.54) is 5.56 Å². The quantitative estimate of drug-likeness (QED) is 0.799. The number of amides is 1. The van der Waals surface area contributed by atoms with Crippen molar-refractivity contribution < 1.29 is 14.4 Å². The second-order valence-corrected chi connectivity index (χ2v) is 8.10. The molecule has 1 N–H and O–H groups in total. The third-order valence-corrected chi connectivity index (χ3v) is 5.63. The van der Waals surface area contributed by atoms with Crippen LogP contribution in [0.2, 0.25) is 0 Å². The Balaban J connectivity index is 1.62. The molecule has 1 saturated heterocycles. The van der Waals surface area contributed by atoms with Gasteiger partial charge in [-0.3, -0.25) is 4.79 Å². The highest BCUT2D eigenvalue weighted by atomic mass is 16.5. The number of rotatable bonds is 7. The van der Waals surface area contributed by atoms with Gasteiger partial charge in [0, 0.05) is 24.6 Å². The summed E-state index contributed by atoms with van der Waals surface area (Å²) in [5.41, 5.74) is 1.90. The van der Waals surface area contributed by atoms with Crippen molar-refractivity contribution in [1.82, 2.24) is 10.1 Å². The molecule has 146 valence electrons. The fourth-order valence-corrected chi connectivity index (χ4v) is 3.92. The fraction of sp³-hybridized carbons (Fsp3) is 0.545. The van der Waals surface area contributed by atoms with Gasteiger partial charge in [-0.25, -0.2) is 0 Å². The normalized spacial score (nSPS) is 20.2. The van der Waals surface area contributed by atoms with Crippen LogP contribution in [0.15, 0.2) is 40.9 Å². The van der Waals surface area contributed by atoms with Crippen LogP contribution >= 0.6 is 0 Å². The van der Waals surface area contributed by atoms with Crippen LogP contribution in [0.3, 0.4) is 0 Å². The number of hydrogen-bond acceptors (Lipinski definition) is 4. The van der Waals surface area contributed by atoms with E-state index >= 15 is 0 Å². The maximum absolute atomic E-state index is 12.8. The molecule has 3 rings (SSSR count). The Labute approximate surface area is 161 Å². The van der Waals surface area contributed by atoms with Gasteiger partial charge < -0.3 is 14.5 Å². The lowest BCUT2D eigenvalue weighted by molar-refractivity contribution is 0.0194. The second-order valence-electron chi connectivity index (χ2n) is 8.10. The molecule has 1 aliphatic heterocycles. The molecule has 0 saturated carbocycles. The Bertz CT molecular complexity index is 741. The van der Waals surface area contributed by atoms with Crippen LogP contribution in [0.4, 0.5) is 0 Å². The summed E-state index contributed by atoms with van der Waals surface area (Å²) in [7, 11) is 0. The molecule has 0 aliphatic carbocycles. The van der Waals surface area contributed by atoms with Gasteiger partial charge in [-0.2, -0.15) is 0 Å². The Kier molecular flexibility index (Phi) is 6.32. The van der Waals surface area contributed by atoms with Crippen molar-refractivity contribution >= 4 is 5.91 Å². The number of carbonyl (C=O) groups excluding carboxylic acids is 1. The average molecular weight is 370 g/mol. The number of aliphatic hydroxyl groups excluding tert-OH is 1. The van der Waals surface area contributed by atoms with E-state index in [9.17, 15) is 9.90 Å². The van der Waals surface area contributed by atoms with Crippen molar-refractivity contribution in [2.75, 3.05) is 19.7 Å².